The zero-order valence-corrected chi connectivity index (χ0v) is 13.7. The Labute approximate surface area is 128 Å². The summed E-state index contributed by atoms with van der Waals surface area (Å²) >= 11 is 0. The van der Waals surface area contributed by atoms with Gasteiger partial charge in [0.2, 0.25) is 5.91 Å². The molecule has 0 aromatic rings. The molecule has 1 amide bonds. The van der Waals surface area contributed by atoms with Gasteiger partial charge in [-0.15, -0.1) is 0 Å². The predicted molar refractivity (Wildman–Crippen MR) is 84.2 cm³/mol. The first-order valence-electron chi connectivity index (χ1n) is 8.56. The number of carboxylic acids is 1. The van der Waals surface area contributed by atoms with Gasteiger partial charge in [-0.05, 0) is 19.8 Å². The molecule has 0 bridgehead atoms. The Morgan fingerprint density at radius 2 is 1.29 bits per heavy atom. The molecule has 0 aliphatic heterocycles. The van der Waals surface area contributed by atoms with Crippen LogP contribution < -0.4 is 0 Å². The molecule has 1 aliphatic carbocycles. The van der Waals surface area contributed by atoms with Crippen molar-refractivity contribution in [2.24, 2.45) is 0 Å². The number of hydrogen-bond donors (Lipinski definition) is 1. The fourth-order valence-electron chi connectivity index (χ4n) is 3.62. The molecular weight excluding hydrogens is 266 g/mol. The highest BCUT2D eigenvalue weighted by Gasteiger charge is 2.43. The van der Waals surface area contributed by atoms with Crippen LogP contribution in [-0.2, 0) is 9.59 Å². The first-order valence-corrected chi connectivity index (χ1v) is 8.56. The Bertz CT molecular complexity index is 329. The highest BCUT2D eigenvalue weighted by atomic mass is 16.4. The Hall–Kier alpha value is -1.06. The van der Waals surface area contributed by atoms with Gasteiger partial charge in [0.15, 0.2) is 0 Å². The van der Waals surface area contributed by atoms with Crippen LogP contribution in [0.25, 0.3) is 0 Å². The van der Waals surface area contributed by atoms with E-state index in [1.807, 2.05) is 6.92 Å². The summed E-state index contributed by atoms with van der Waals surface area (Å²) in [5.41, 5.74) is -0.986. The van der Waals surface area contributed by atoms with E-state index in [0.29, 0.717) is 19.4 Å². The summed E-state index contributed by atoms with van der Waals surface area (Å²) in [6.45, 7) is 3.84. The first kappa shape index (κ1) is 18.0. The molecule has 1 N–H and O–H groups in total. The fraction of sp³-hybridized carbons (Fsp3) is 0.882. The molecule has 0 spiro atoms. The maximum absolute atomic E-state index is 12.0. The van der Waals surface area contributed by atoms with Gasteiger partial charge >= 0.3 is 5.97 Å². The molecule has 0 heterocycles. The molecular formula is C17H31NO3. The van der Waals surface area contributed by atoms with E-state index in [9.17, 15) is 14.7 Å². The second-order valence-corrected chi connectivity index (χ2v) is 6.28. The fourth-order valence-corrected chi connectivity index (χ4v) is 3.62. The van der Waals surface area contributed by atoms with Crippen LogP contribution in [0, 0.1) is 0 Å². The van der Waals surface area contributed by atoms with Crippen molar-refractivity contribution < 1.29 is 14.7 Å². The Morgan fingerprint density at radius 3 is 1.57 bits per heavy atom. The largest absolute Gasteiger partial charge is 0.479 e. The lowest BCUT2D eigenvalue weighted by molar-refractivity contribution is -0.160. The van der Waals surface area contributed by atoms with Gasteiger partial charge < -0.3 is 10.0 Å². The van der Waals surface area contributed by atoms with E-state index in [4.69, 9.17) is 0 Å². The van der Waals surface area contributed by atoms with E-state index in [-0.39, 0.29) is 5.91 Å². The minimum atomic E-state index is -0.986. The molecule has 122 valence electrons. The number of aliphatic carboxylic acids is 1. The molecule has 1 rings (SSSR count). The number of amides is 1. The molecule has 1 fully saturated rings. The smallest absolute Gasteiger partial charge is 0.329 e. The number of rotatable bonds is 3. The zero-order chi connectivity index (χ0) is 15.7. The Kier molecular flexibility index (Phi) is 7.76. The lowest BCUT2D eigenvalue weighted by Crippen LogP contribution is -2.56. The standard InChI is InChI=1S/C17H31NO3/c1-3-18(15(2)19)17(16(20)21)13-11-9-7-5-4-6-8-10-12-14-17/h3-14H2,1-2H3,(H,20,21). The molecule has 4 heteroatoms. The maximum atomic E-state index is 12.0. The summed E-state index contributed by atoms with van der Waals surface area (Å²) in [5, 5.41) is 9.85. The molecule has 0 saturated heterocycles. The third-order valence-corrected chi connectivity index (χ3v) is 4.79. The van der Waals surface area contributed by atoms with Crippen LogP contribution in [0.4, 0.5) is 0 Å². The van der Waals surface area contributed by atoms with Crippen molar-refractivity contribution in [1.82, 2.24) is 4.90 Å². The maximum Gasteiger partial charge on any atom is 0.329 e. The summed E-state index contributed by atoms with van der Waals surface area (Å²) in [7, 11) is 0. The first-order chi connectivity index (χ1) is 10.0. The molecule has 0 aromatic heterocycles. The quantitative estimate of drug-likeness (QED) is 0.857. The van der Waals surface area contributed by atoms with Gasteiger partial charge in [0.1, 0.15) is 5.54 Å². The number of carbonyl (C=O) groups excluding carboxylic acids is 1. The molecule has 1 aliphatic rings. The summed E-state index contributed by atoms with van der Waals surface area (Å²) in [6.07, 6.45) is 11.3. The van der Waals surface area contributed by atoms with E-state index in [0.717, 1.165) is 25.7 Å². The van der Waals surface area contributed by atoms with E-state index in [1.54, 1.807) is 4.90 Å². The van der Waals surface area contributed by atoms with Gasteiger partial charge in [-0.3, -0.25) is 4.79 Å². The van der Waals surface area contributed by atoms with Crippen molar-refractivity contribution >= 4 is 11.9 Å². The van der Waals surface area contributed by atoms with Crippen LogP contribution in [0.15, 0.2) is 0 Å². The van der Waals surface area contributed by atoms with Crippen molar-refractivity contribution in [1.29, 1.82) is 0 Å². The summed E-state index contributed by atoms with van der Waals surface area (Å²) in [6, 6.07) is 0. The van der Waals surface area contributed by atoms with Gasteiger partial charge in [-0.2, -0.15) is 0 Å². The lowest BCUT2D eigenvalue weighted by Gasteiger charge is -2.40. The van der Waals surface area contributed by atoms with Crippen LogP contribution in [0.1, 0.15) is 84.5 Å². The van der Waals surface area contributed by atoms with E-state index in [1.165, 1.54) is 39.0 Å². The van der Waals surface area contributed by atoms with Crippen LogP contribution in [-0.4, -0.2) is 34.0 Å². The third kappa shape index (κ3) is 5.01. The van der Waals surface area contributed by atoms with E-state index in [2.05, 4.69) is 0 Å². The Morgan fingerprint density at radius 1 is 0.905 bits per heavy atom. The van der Waals surface area contributed by atoms with Gasteiger partial charge in [-0.25, -0.2) is 4.79 Å². The van der Waals surface area contributed by atoms with Crippen molar-refractivity contribution in [3.05, 3.63) is 0 Å². The van der Waals surface area contributed by atoms with Crippen molar-refractivity contribution in [2.45, 2.75) is 90.0 Å². The van der Waals surface area contributed by atoms with Gasteiger partial charge in [-0.1, -0.05) is 57.8 Å². The number of likely N-dealkylation sites (N-methyl/N-ethyl adjacent to an activating group) is 1. The highest BCUT2D eigenvalue weighted by Crippen LogP contribution is 2.31. The van der Waals surface area contributed by atoms with Crippen LogP contribution >= 0.6 is 0 Å². The minimum Gasteiger partial charge on any atom is -0.479 e. The van der Waals surface area contributed by atoms with Crippen LogP contribution in [0.3, 0.4) is 0 Å². The lowest BCUT2D eigenvalue weighted by atomic mass is 9.83. The summed E-state index contributed by atoms with van der Waals surface area (Å²) in [4.78, 5) is 25.5. The molecule has 0 unspecified atom stereocenters. The monoisotopic (exact) mass is 297 g/mol. The minimum absolute atomic E-state index is 0.119. The number of carbonyl (C=O) groups is 2. The zero-order valence-electron chi connectivity index (χ0n) is 13.7. The predicted octanol–water partition coefficient (Wildman–Crippen LogP) is 3.98. The van der Waals surface area contributed by atoms with Crippen molar-refractivity contribution in [3.63, 3.8) is 0 Å². The van der Waals surface area contributed by atoms with Gasteiger partial charge in [0, 0.05) is 13.5 Å². The van der Waals surface area contributed by atoms with Gasteiger partial charge in [0.25, 0.3) is 0 Å². The topological polar surface area (TPSA) is 57.6 Å². The highest BCUT2D eigenvalue weighted by molar-refractivity contribution is 5.86. The Balaban J connectivity index is 2.91. The second kappa shape index (κ2) is 9.06. The number of nitrogens with zero attached hydrogens (tertiary/aromatic N) is 1. The van der Waals surface area contributed by atoms with Crippen LogP contribution in [0.5, 0.6) is 0 Å². The average molecular weight is 297 g/mol. The van der Waals surface area contributed by atoms with Crippen molar-refractivity contribution in [2.75, 3.05) is 6.54 Å². The number of carboxylic acid groups (broad SMARTS) is 1. The van der Waals surface area contributed by atoms with Crippen LogP contribution in [0.2, 0.25) is 0 Å². The van der Waals surface area contributed by atoms with E-state index >= 15 is 0 Å². The molecule has 4 nitrogen and oxygen atoms in total. The summed E-state index contributed by atoms with van der Waals surface area (Å²) < 4.78 is 0. The SMILES string of the molecule is CCN(C(C)=O)C1(C(=O)O)CCCCCCCCCCC1. The molecule has 21 heavy (non-hydrogen) atoms. The normalized spacial score (nSPS) is 20.9. The molecule has 0 aromatic carbocycles. The number of hydrogen-bond acceptors (Lipinski definition) is 2. The summed E-state index contributed by atoms with van der Waals surface area (Å²) in [5.74, 6) is -0.941. The average Bonchev–Trinajstić information content (AvgIpc) is 2.41. The molecule has 0 radical (unpaired) electrons. The van der Waals surface area contributed by atoms with Gasteiger partial charge in [0.05, 0.1) is 0 Å². The van der Waals surface area contributed by atoms with Crippen molar-refractivity contribution in [3.8, 4) is 0 Å². The molecule has 1 saturated carbocycles. The third-order valence-electron chi connectivity index (χ3n) is 4.79. The van der Waals surface area contributed by atoms with E-state index < -0.39 is 11.5 Å². The second-order valence-electron chi connectivity index (χ2n) is 6.28. The molecule has 0 atom stereocenters.